The maximum atomic E-state index is 11.3. The topological polar surface area (TPSA) is 61.8 Å². The highest BCUT2D eigenvalue weighted by atomic mass is 16.7. The van der Waals surface area contributed by atoms with E-state index in [4.69, 9.17) is 9.47 Å². The fourth-order valence-electron chi connectivity index (χ4n) is 1.44. The molecule has 0 aromatic carbocycles. The van der Waals surface area contributed by atoms with E-state index in [0.717, 1.165) is 0 Å². The monoisotopic (exact) mass is 214 g/mol. The first-order chi connectivity index (χ1) is 6.96. The zero-order valence-electron chi connectivity index (χ0n) is 9.25. The Morgan fingerprint density at radius 2 is 2.00 bits per heavy atom. The van der Waals surface area contributed by atoms with Gasteiger partial charge in [0.25, 0.3) is 0 Å². The van der Waals surface area contributed by atoms with E-state index in [9.17, 15) is 9.59 Å². The lowest BCUT2D eigenvalue weighted by Crippen LogP contribution is -2.36. The van der Waals surface area contributed by atoms with Gasteiger partial charge in [-0.15, -0.1) is 0 Å². The van der Waals surface area contributed by atoms with Gasteiger partial charge < -0.3 is 14.2 Å². The van der Waals surface area contributed by atoms with Gasteiger partial charge in [-0.25, -0.2) is 4.79 Å². The van der Waals surface area contributed by atoms with Gasteiger partial charge in [0, 0.05) is 18.3 Å². The second-order valence-corrected chi connectivity index (χ2v) is 3.35. The molecule has 15 heavy (non-hydrogen) atoms. The summed E-state index contributed by atoms with van der Waals surface area (Å²) >= 11 is 0. The van der Waals surface area contributed by atoms with Crippen molar-refractivity contribution in [1.29, 1.82) is 0 Å². The van der Waals surface area contributed by atoms with Crippen molar-refractivity contribution in [2.45, 2.75) is 26.1 Å². The molecule has 0 fully saturated rings. The van der Waals surface area contributed by atoms with E-state index >= 15 is 0 Å². The summed E-state index contributed by atoms with van der Waals surface area (Å²) in [5.74, 6) is -2.23. The number of hydrogen-bond acceptors (Lipinski definition) is 5. The third-order valence-corrected chi connectivity index (χ3v) is 2.63. The van der Waals surface area contributed by atoms with Crippen LogP contribution >= 0.6 is 0 Å². The minimum atomic E-state index is -1.28. The van der Waals surface area contributed by atoms with Crippen LogP contribution in [0.2, 0.25) is 0 Å². The predicted molar refractivity (Wildman–Crippen MR) is 50.8 cm³/mol. The van der Waals surface area contributed by atoms with Gasteiger partial charge in [-0.2, -0.15) is 0 Å². The number of hydrogen-bond donors (Lipinski definition) is 0. The van der Waals surface area contributed by atoms with Crippen LogP contribution in [-0.2, 0) is 23.8 Å². The van der Waals surface area contributed by atoms with Crippen LogP contribution in [0.3, 0.4) is 0 Å². The molecule has 5 nitrogen and oxygen atoms in total. The van der Waals surface area contributed by atoms with Gasteiger partial charge in [-0.3, -0.25) is 4.79 Å². The smallest absolute Gasteiger partial charge is 0.336 e. The number of rotatable bonds is 3. The summed E-state index contributed by atoms with van der Waals surface area (Å²) in [5, 5.41) is 0. The molecule has 0 unspecified atom stereocenters. The lowest BCUT2D eigenvalue weighted by molar-refractivity contribution is -0.199. The molecule has 5 heteroatoms. The van der Waals surface area contributed by atoms with Crippen LogP contribution in [0.1, 0.15) is 20.3 Å². The molecule has 0 radical (unpaired) electrons. The molecule has 0 spiro atoms. The van der Waals surface area contributed by atoms with E-state index < -0.39 is 17.7 Å². The number of cyclic esters (lactones) is 1. The van der Waals surface area contributed by atoms with Crippen molar-refractivity contribution in [2.24, 2.45) is 0 Å². The Bertz CT molecular complexity index is 331. The molecule has 1 atom stereocenters. The third-order valence-electron chi connectivity index (χ3n) is 2.63. The molecule has 1 aliphatic rings. The fourth-order valence-corrected chi connectivity index (χ4v) is 1.44. The van der Waals surface area contributed by atoms with Crippen molar-refractivity contribution in [3.05, 3.63) is 11.1 Å². The Morgan fingerprint density at radius 3 is 2.33 bits per heavy atom. The summed E-state index contributed by atoms with van der Waals surface area (Å²) in [6.45, 7) is 3.34. The van der Waals surface area contributed by atoms with Crippen LogP contribution in [0.4, 0.5) is 0 Å². The van der Waals surface area contributed by atoms with E-state index in [-0.39, 0.29) is 6.42 Å². The molecule has 0 N–H and O–H groups in total. The molecule has 84 valence electrons. The minimum absolute atomic E-state index is 0.130. The largest absolute Gasteiger partial charge is 0.469 e. The summed E-state index contributed by atoms with van der Waals surface area (Å²) in [6.07, 6.45) is -0.130. The zero-order valence-corrected chi connectivity index (χ0v) is 9.25. The number of esters is 2. The normalized spacial score (nSPS) is 25.5. The van der Waals surface area contributed by atoms with Gasteiger partial charge in [0.1, 0.15) is 6.42 Å². The molecule has 0 saturated carbocycles. The zero-order chi connectivity index (χ0) is 11.6. The van der Waals surface area contributed by atoms with E-state index in [1.54, 1.807) is 13.8 Å². The van der Waals surface area contributed by atoms with Gasteiger partial charge in [-0.1, -0.05) is 0 Å². The molecule has 0 aromatic heterocycles. The van der Waals surface area contributed by atoms with Crippen molar-refractivity contribution in [2.75, 3.05) is 14.2 Å². The van der Waals surface area contributed by atoms with Crippen molar-refractivity contribution < 1.29 is 23.8 Å². The molecule has 0 aliphatic carbocycles. The summed E-state index contributed by atoms with van der Waals surface area (Å²) in [4.78, 5) is 22.5. The number of carbonyl (C=O) groups is 2. The summed E-state index contributed by atoms with van der Waals surface area (Å²) in [5.41, 5.74) is 1.08. The number of ether oxygens (including phenoxy) is 3. The second-order valence-electron chi connectivity index (χ2n) is 3.35. The lowest BCUT2D eigenvalue weighted by atomic mass is 10.0. The molecular weight excluding hydrogens is 200 g/mol. The third kappa shape index (κ3) is 1.87. The fraction of sp³-hybridized carbons (Fsp3) is 0.600. The first-order valence-corrected chi connectivity index (χ1v) is 4.50. The average molecular weight is 214 g/mol. The number of methoxy groups -OCH3 is 2. The van der Waals surface area contributed by atoms with Crippen LogP contribution in [-0.4, -0.2) is 31.9 Å². The van der Waals surface area contributed by atoms with Crippen molar-refractivity contribution in [1.82, 2.24) is 0 Å². The number of carbonyl (C=O) groups excluding carboxylic acids is 2. The highest BCUT2D eigenvalue weighted by Gasteiger charge is 2.46. The predicted octanol–water partition coefficient (Wildman–Crippen LogP) is 0.785. The van der Waals surface area contributed by atoms with Gasteiger partial charge in [-0.05, 0) is 13.8 Å². The maximum absolute atomic E-state index is 11.3. The molecule has 1 heterocycles. The van der Waals surface area contributed by atoms with E-state index in [1.165, 1.54) is 14.2 Å². The van der Waals surface area contributed by atoms with E-state index in [2.05, 4.69) is 4.74 Å². The Labute approximate surface area is 88.0 Å². The minimum Gasteiger partial charge on any atom is -0.469 e. The lowest BCUT2D eigenvalue weighted by Gasteiger charge is -2.26. The Morgan fingerprint density at radius 1 is 1.40 bits per heavy atom. The van der Waals surface area contributed by atoms with E-state index in [1.807, 2.05) is 0 Å². The summed E-state index contributed by atoms with van der Waals surface area (Å²) in [6, 6.07) is 0. The van der Waals surface area contributed by atoms with Crippen molar-refractivity contribution in [3.8, 4) is 0 Å². The molecule has 0 amide bonds. The molecule has 0 bridgehead atoms. The molecule has 1 aliphatic heterocycles. The average Bonchev–Trinajstić information content (AvgIpc) is 2.44. The van der Waals surface area contributed by atoms with Crippen LogP contribution in [0.5, 0.6) is 0 Å². The first kappa shape index (κ1) is 11.7. The molecule has 0 saturated heterocycles. The molecule has 0 aromatic rings. The maximum Gasteiger partial charge on any atom is 0.336 e. The molecule has 1 rings (SSSR count). The SMILES string of the molecule is COC(=O)C[C@@]1(OC)OC(=O)C(C)=C1C. The quantitative estimate of drug-likeness (QED) is 0.650. The van der Waals surface area contributed by atoms with Gasteiger partial charge >= 0.3 is 11.9 Å². The Kier molecular flexibility index (Phi) is 3.14. The summed E-state index contributed by atoms with van der Waals surface area (Å²) in [7, 11) is 2.66. The highest BCUT2D eigenvalue weighted by Crippen LogP contribution is 2.36. The highest BCUT2D eigenvalue weighted by molar-refractivity contribution is 5.92. The standard InChI is InChI=1S/C10H14O5/c1-6-7(2)10(14-4,15-9(6)12)5-8(11)13-3/h5H2,1-4H3/t10-/m1/s1. The van der Waals surface area contributed by atoms with Gasteiger partial charge in [0.2, 0.25) is 5.79 Å². The van der Waals surface area contributed by atoms with Crippen LogP contribution in [0.25, 0.3) is 0 Å². The van der Waals surface area contributed by atoms with Crippen molar-refractivity contribution in [3.63, 3.8) is 0 Å². The van der Waals surface area contributed by atoms with Crippen LogP contribution in [0, 0.1) is 0 Å². The van der Waals surface area contributed by atoms with Gasteiger partial charge in [0.05, 0.1) is 7.11 Å². The van der Waals surface area contributed by atoms with Crippen LogP contribution in [0.15, 0.2) is 11.1 Å². The van der Waals surface area contributed by atoms with Crippen molar-refractivity contribution >= 4 is 11.9 Å². The first-order valence-electron chi connectivity index (χ1n) is 4.50. The summed E-state index contributed by atoms with van der Waals surface area (Å²) < 4.78 is 14.7. The molecular formula is C10H14O5. The Balaban J connectivity index is 2.98. The van der Waals surface area contributed by atoms with Gasteiger partial charge in [0.15, 0.2) is 0 Å². The second kappa shape index (κ2) is 4.02. The van der Waals surface area contributed by atoms with Crippen LogP contribution < -0.4 is 0 Å². The van der Waals surface area contributed by atoms with E-state index in [0.29, 0.717) is 11.1 Å². The Hall–Kier alpha value is -1.36.